The van der Waals surface area contributed by atoms with Crippen molar-refractivity contribution in [3.63, 3.8) is 0 Å². The average Bonchev–Trinajstić information content (AvgIpc) is 2.71. The van der Waals surface area contributed by atoms with Crippen molar-refractivity contribution in [2.45, 2.75) is 25.5 Å². The Bertz CT molecular complexity index is 618. The molecule has 0 spiro atoms. The molecule has 1 heterocycles. The summed E-state index contributed by atoms with van der Waals surface area (Å²) in [5.74, 6) is -0.122. The molecule has 128 valence electrons. The lowest BCUT2D eigenvalue weighted by atomic mass is 10.1. The number of ether oxygens (including phenoxy) is 1. The Morgan fingerprint density at radius 2 is 2.09 bits per heavy atom. The molecule has 0 unspecified atom stereocenters. The van der Waals surface area contributed by atoms with E-state index < -0.39 is 15.9 Å². The molecular weight excluding hydrogens is 316 g/mol. The zero-order valence-electron chi connectivity index (χ0n) is 13.6. The first kappa shape index (κ1) is 17.7. The van der Waals surface area contributed by atoms with Crippen LogP contribution in [0.3, 0.4) is 0 Å². The maximum atomic E-state index is 12.5. The largest absolute Gasteiger partial charge is 0.377 e. The van der Waals surface area contributed by atoms with E-state index >= 15 is 0 Å². The van der Waals surface area contributed by atoms with Crippen LogP contribution in [-0.2, 0) is 14.6 Å². The molecule has 2 amide bonds. The number of hydrogen-bond donors (Lipinski definition) is 1. The van der Waals surface area contributed by atoms with E-state index in [1.165, 1.54) is 6.26 Å². The van der Waals surface area contributed by atoms with Crippen LogP contribution in [-0.4, -0.2) is 57.2 Å². The Hall–Kier alpha value is -1.60. The summed E-state index contributed by atoms with van der Waals surface area (Å²) in [6.45, 7) is 3.68. The van der Waals surface area contributed by atoms with E-state index in [1.807, 2.05) is 37.3 Å². The van der Waals surface area contributed by atoms with Crippen molar-refractivity contribution in [3.05, 3.63) is 35.9 Å². The predicted octanol–water partition coefficient (Wildman–Crippen LogP) is 1.59. The highest BCUT2D eigenvalue weighted by atomic mass is 32.2. The maximum absolute atomic E-state index is 12.5. The number of nitrogens with one attached hydrogen (secondary N) is 1. The highest BCUT2D eigenvalue weighted by Gasteiger charge is 2.24. The van der Waals surface area contributed by atoms with Crippen LogP contribution in [0.25, 0.3) is 0 Å². The van der Waals surface area contributed by atoms with Crippen LogP contribution >= 0.6 is 0 Å². The minimum atomic E-state index is -3.22. The summed E-state index contributed by atoms with van der Waals surface area (Å²) < 4.78 is 28.9. The van der Waals surface area contributed by atoms with Crippen molar-refractivity contribution >= 4 is 15.9 Å². The van der Waals surface area contributed by atoms with Gasteiger partial charge < -0.3 is 15.0 Å². The molecule has 1 N–H and O–H groups in total. The van der Waals surface area contributed by atoms with Gasteiger partial charge in [-0.05, 0) is 18.9 Å². The quantitative estimate of drug-likeness (QED) is 0.903. The number of amides is 2. The van der Waals surface area contributed by atoms with Crippen LogP contribution < -0.4 is 5.32 Å². The van der Waals surface area contributed by atoms with Crippen molar-refractivity contribution < 1.29 is 17.9 Å². The molecule has 1 saturated heterocycles. The lowest BCUT2D eigenvalue weighted by molar-refractivity contribution is 0.0709. The van der Waals surface area contributed by atoms with Gasteiger partial charge in [-0.3, -0.25) is 0 Å². The zero-order chi connectivity index (χ0) is 16.9. The molecule has 0 aliphatic carbocycles. The highest BCUT2D eigenvalue weighted by Crippen LogP contribution is 2.16. The van der Waals surface area contributed by atoms with Crippen LogP contribution in [0.1, 0.15) is 24.9 Å². The third-order valence-corrected chi connectivity index (χ3v) is 4.65. The number of benzene rings is 1. The Kier molecular flexibility index (Phi) is 6.01. The van der Waals surface area contributed by atoms with E-state index in [9.17, 15) is 13.2 Å². The third-order valence-electron chi connectivity index (χ3n) is 3.71. The lowest BCUT2D eigenvalue weighted by Gasteiger charge is -2.26. The second-order valence-corrected chi connectivity index (χ2v) is 8.17. The Labute approximate surface area is 137 Å². The van der Waals surface area contributed by atoms with Crippen molar-refractivity contribution in [1.82, 2.24) is 10.2 Å². The molecule has 7 heteroatoms. The van der Waals surface area contributed by atoms with Crippen LogP contribution in [0.4, 0.5) is 4.79 Å². The molecule has 0 bridgehead atoms. The van der Waals surface area contributed by atoms with Gasteiger partial charge in [0.1, 0.15) is 9.84 Å². The zero-order valence-corrected chi connectivity index (χ0v) is 14.4. The molecule has 2 atom stereocenters. The van der Waals surface area contributed by atoms with Gasteiger partial charge in [-0.1, -0.05) is 30.3 Å². The van der Waals surface area contributed by atoms with Gasteiger partial charge >= 0.3 is 6.03 Å². The van der Waals surface area contributed by atoms with Gasteiger partial charge in [-0.15, -0.1) is 0 Å². The number of sulfone groups is 1. The van der Waals surface area contributed by atoms with E-state index in [0.29, 0.717) is 19.7 Å². The van der Waals surface area contributed by atoms with Crippen molar-refractivity contribution in [1.29, 1.82) is 0 Å². The van der Waals surface area contributed by atoms with Gasteiger partial charge in [-0.2, -0.15) is 0 Å². The van der Waals surface area contributed by atoms with Gasteiger partial charge in [-0.25, -0.2) is 13.2 Å². The fraction of sp³-hybridized carbons (Fsp3) is 0.562. The monoisotopic (exact) mass is 340 g/mol. The fourth-order valence-electron chi connectivity index (χ4n) is 2.63. The minimum Gasteiger partial charge on any atom is -0.377 e. The topological polar surface area (TPSA) is 75.7 Å². The van der Waals surface area contributed by atoms with Crippen LogP contribution in [0.15, 0.2) is 30.3 Å². The van der Waals surface area contributed by atoms with Crippen molar-refractivity contribution in [2.75, 3.05) is 31.7 Å². The molecule has 1 aromatic rings. The van der Waals surface area contributed by atoms with Gasteiger partial charge in [0, 0.05) is 26.0 Å². The molecule has 0 saturated carbocycles. The van der Waals surface area contributed by atoms with Crippen molar-refractivity contribution in [3.8, 4) is 0 Å². The van der Waals surface area contributed by atoms with E-state index in [1.54, 1.807) is 4.90 Å². The molecule has 6 nitrogen and oxygen atoms in total. The number of nitrogens with zero attached hydrogens (tertiary/aromatic N) is 1. The van der Waals surface area contributed by atoms with Gasteiger partial charge in [0.15, 0.2) is 0 Å². The number of rotatable bonds is 4. The second kappa shape index (κ2) is 7.79. The third kappa shape index (κ3) is 5.84. The number of carbonyl (C=O) groups excluding carboxylic acids is 1. The first-order valence-electron chi connectivity index (χ1n) is 7.75. The molecule has 1 fully saturated rings. The van der Waals surface area contributed by atoms with E-state index in [0.717, 1.165) is 12.0 Å². The molecule has 0 aromatic heterocycles. The molecule has 2 rings (SSSR count). The van der Waals surface area contributed by atoms with Crippen LogP contribution in [0.2, 0.25) is 0 Å². The van der Waals surface area contributed by atoms with Crippen LogP contribution in [0, 0.1) is 0 Å². The second-order valence-electron chi connectivity index (χ2n) is 5.99. The van der Waals surface area contributed by atoms with E-state index in [2.05, 4.69) is 5.32 Å². The summed E-state index contributed by atoms with van der Waals surface area (Å²) in [7, 11) is -3.22. The predicted molar refractivity (Wildman–Crippen MR) is 89.0 cm³/mol. The number of hydrogen-bond acceptors (Lipinski definition) is 4. The maximum Gasteiger partial charge on any atom is 0.318 e. The molecule has 0 radical (unpaired) electrons. The standard InChI is InChI=1S/C16H24N2O4S/c1-13-11-18(9-6-10-22-13)16(19)17-15(12-23(2,20)21)14-7-4-3-5-8-14/h3-5,7-8,13,15H,6,9-12H2,1-2H3,(H,17,19)/t13-,15+/m0/s1. The summed E-state index contributed by atoms with van der Waals surface area (Å²) in [5, 5.41) is 2.86. The van der Waals surface area contributed by atoms with E-state index in [-0.39, 0.29) is 17.9 Å². The number of carbonyl (C=O) groups is 1. The highest BCUT2D eigenvalue weighted by molar-refractivity contribution is 7.90. The summed E-state index contributed by atoms with van der Waals surface area (Å²) in [6, 6.07) is 8.36. The summed E-state index contributed by atoms with van der Waals surface area (Å²) >= 11 is 0. The van der Waals surface area contributed by atoms with Crippen LogP contribution in [0.5, 0.6) is 0 Å². The summed E-state index contributed by atoms with van der Waals surface area (Å²) in [6.07, 6.45) is 1.94. The summed E-state index contributed by atoms with van der Waals surface area (Å²) in [4.78, 5) is 14.2. The molecule has 23 heavy (non-hydrogen) atoms. The summed E-state index contributed by atoms with van der Waals surface area (Å²) in [5.41, 5.74) is 0.783. The smallest absolute Gasteiger partial charge is 0.318 e. The SMILES string of the molecule is C[C@H]1CN(C(=O)N[C@H](CS(C)(=O)=O)c2ccccc2)CCCO1. The Morgan fingerprint density at radius 3 is 2.74 bits per heavy atom. The number of urea groups is 1. The average molecular weight is 340 g/mol. The Balaban J connectivity index is 2.11. The van der Waals surface area contributed by atoms with Crippen molar-refractivity contribution in [2.24, 2.45) is 0 Å². The van der Waals surface area contributed by atoms with E-state index in [4.69, 9.17) is 4.74 Å². The molecule has 1 aliphatic rings. The molecule has 1 aliphatic heterocycles. The van der Waals surface area contributed by atoms with Gasteiger partial charge in [0.2, 0.25) is 0 Å². The minimum absolute atomic E-state index is 0.0201. The first-order chi connectivity index (χ1) is 10.8. The Morgan fingerprint density at radius 1 is 1.39 bits per heavy atom. The molecule has 1 aromatic carbocycles. The van der Waals surface area contributed by atoms with Gasteiger partial charge in [0.25, 0.3) is 0 Å². The van der Waals surface area contributed by atoms with Gasteiger partial charge in [0.05, 0.1) is 17.9 Å². The first-order valence-corrected chi connectivity index (χ1v) is 9.81. The fourth-order valence-corrected chi connectivity index (χ4v) is 3.51. The normalized spacial score (nSPS) is 20.6. The molecular formula is C16H24N2O4S. The lowest BCUT2D eigenvalue weighted by Crippen LogP contribution is -2.45.